The van der Waals surface area contributed by atoms with E-state index in [2.05, 4.69) is 0 Å². The second-order valence-electron chi connectivity index (χ2n) is 5.88. The predicted molar refractivity (Wildman–Crippen MR) is 105 cm³/mol. The summed E-state index contributed by atoms with van der Waals surface area (Å²) in [6, 6.07) is 9.41. The fraction of sp³-hybridized carbons (Fsp3) is 0.316. The quantitative estimate of drug-likeness (QED) is 0.649. The normalized spacial score (nSPS) is 11.1. The molecule has 2 rings (SSSR count). The second kappa shape index (κ2) is 8.63. The number of carbonyl (C=O) groups excluding carboxylic acids is 1. The highest BCUT2D eigenvalue weighted by Gasteiger charge is 2.29. The number of hydrogen-bond donors (Lipinski definition) is 0. The minimum Gasteiger partial charge on any atom is -0.496 e. The summed E-state index contributed by atoms with van der Waals surface area (Å²) < 4.78 is 37.8. The molecule has 0 heterocycles. The monoisotopic (exact) mass is 411 g/mol. The number of nitrogens with zero attached hydrogens (tertiary/aromatic N) is 1. The van der Waals surface area contributed by atoms with E-state index < -0.39 is 22.5 Å². The van der Waals surface area contributed by atoms with E-state index >= 15 is 0 Å². The maximum Gasteiger partial charge on any atom is 0.326 e. The van der Waals surface area contributed by atoms with Crippen molar-refractivity contribution in [1.29, 1.82) is 0 Å². The number of methoxy groups -OCH3 is 1. The SMILES string of the molecule is CCOC(=O)CN(c1cc(Cl)ccc1C)S(=O)(=O)c1ccc(OC)c(C)c1. The van der Waals surface area contributed by atoms with Gasteiger partial charge in [0.2, 0.25) is 0 Å². The Balaban J connectivity index is 2.59. The van der Waals surface area contributed by atoms with Gasteiger partial charge in [-0.25, -0.2) is 8.42 Å². The molecule has 0 N–H and O–H groups in total. The molecule has 0 radical (unpaired) electrons. The molecule has 0 aliphatic rings. The summed E-state index contributed by atoms with van der Waals surface area (Å²) in [5, 5.41) is 0.366. The molecule has 8 heteroatoms. The lowest BCUT2D eigenvalue weighted by Crippen LogP contribution is -2.37. The summed E-state index contributed by atoms with van der Waals surface area (Å²) >= 11 is 6.07. The molecule has 0 spiro atoms. The van der Waals surface area contributed by atoms with Crippen molar-refractivity contribution in [3.63, 3.8) is 0 Å². The molecule has 146 valence electrons. The van der Waals surface area contributed by atoms with E-state index in [1.54, 1.807) is 39.0 Å². The number of sulfonamides is 1. The molecule has 0 saturated heterocycles. The molecular formula is C19H22ClNO5S. The number of ether oxygens (including phenoxy) is 2. The molecule has 2 aromatic carbocycles. The van der Waals surface area contributed by atoms with Gasteiger partial charge in [0.1, 0.15) is 12.3 Å². The van der Waals surface area contributed by atoms with Crippen LogP contribution in [0.15, 0.2) is 41.3 Å². The van der Waals surface area contributed by atoms with Crippen LogP contribution in [0.2, 0.25) is 5.02 Å². The lowest BCUT2D eigenvalue weighted by molar-refractivity contribution is -0.141. The summed E-state index contributed by atoms with van der Waals surface area (Å²) in [6.07, 6.45) is 0. The Morgan fingerprint density at radius 2 is 1.81 bits per heavy atom. The maximum atomic E-state index is 13.3. The third-order valence-corrected chi connectivity index (χ3v) is 5.96. The van der Waals surface area contributed by atoms with E-state index in [0.717, 1.165) is 4.31 Å². The lowest BCUT2D eigenvalue weighted by atomic mass is 10.2. The van der Waals surface area contributed by atoms with Crippen LogP contribution in [0.1, 0.15) is 18.1 Å². The fourth-order valence-corrected chi connectivity index (χ4v) is 4.33. The molecule has 0 unspecified atom stereocenters. The fourth-order valence-electron chi connectivity index (χ4n) is 2.61. The van der Waals surface area contributed by atoms with Gasteiger partial charge in [-0.2, -0.15) is 0 Å². The number of esters is 1. The molecular weight excluding hydrogens is 390 g/mol. The maximum absolute atomic E-state index is 13.3. The van der Waals surface area contributed by atoms with E-state index in [1.807, 2.05) is 0 Å². The van der Waals surface area contributed by atoms with Crippen LogP contribution < -0.4 is 9.04 Å². The molecule has 0 aliphatic carbocycles. The molecule has 27 heavy (non-hydrogen) atoms. The first-order valence-corrected chi connectivity index (χ1v) is 10.1. The van der Waals surface area contributed by atoms with E-state index in [4.69, 9.17) is 21.1 Å². The predicted octanol–water partition coefficient (Wildman–Crippen LogP) is 3.72. The zero-order valence-corrected chi connectivity index (χ0v) is 17.2. The highest BCUT2D eigenvalue weighted by atomic mass is 35.5. The van der Waals surface area contributed by atoms with Gasteiger partial charge in [0, 0.05) is 5.02 Å². The number of hydrogen-bond acceptors (Lipinski definition) is 5. The van der Waals surface area contributed by atoms with E-state index in [1.165, 1.54) is 25.3 Å². The number of aryl methyl sites for hydroxylation is 2. The van der Waals surface area contributed by atoms with Crippen molar-refractivity contribution in [2.75, 3.05) is 24.6 Å². The first-order valence-electron chi connectivity index (χ1n) is 8.29. The summed E-state index contributed by atoms with van der Waals surface area (Å²) in [7, 11) is -2.52. The van der Waals surface area contributed by atoms with Gasteiger partial charge < -0.3 is 9.47 Å². The number of halogens is 1. The second-order valence-corrected chi connectivity index (χ2v) is 8.18. The van der Waals surface area contributed by atoms with Crippen molar-refractivity contribution in [3.05, 3.63) is 52.5 Å². The number of carbonyl (C=O) groups is 1. The van der Waals surface area contributed by atoms with Crippen LogP contribution in [0.5, 0.6) is 5.75 Å². The third-order valence-electron chi connectivity index (χ3n) is 3.97. The Bertz CT molecular complexity index is 943. The zero-order chi connectivity index (χ0) is 20.2. The van der Waals surface area contributed by atoms with E-state index in [-0.39, 0.29) is 11.5 Å². The van der Waals surface area contributed by atoms with Crippen LogP contribution in [0.25, 0.3) is 0 Å². The zero-order valence-electron chi connectivity index (χ0n) is 15.7. The van der Waals surface area contributed by atoms with Crippen LogP contribution in [-0.4, -0.2) is 34.6 Å². The lowest BCUT2D eigenvalue weighted by Gasteiger charge is -2.25. The van der Waals surface area contributed by atoms with Gasteiger partial charge in [-0.05, 0) is 62.2 Å². The summed E-state index contributed by atoms with van der Waals surface area (Å²) in [5.74, 6) is -0.0736. The van der Waals surface area contributed by atoms with Crippen LogP contribution in [0.3, 0.4) is 0 Å². The van der Waals surface area contributed by atoms with Crippen molar-refractivity contribution >= 4 is 33.3 Å². The van der Waals surface area contributed by atoms with Crippen molar-refractivity contribution in [2.45, 2.75) is 25.7 Å². The highest BCUT2D eigenvalue weighted by Crippen LogP contribution is 2.31. The first kappa shape index (κ1) is 21.1. The Morgan fingerprint density at radius 3 is 2.41 bits per heavy atom. The summed E-state index contributed by atoms with van der Waals surface area (Å²) in [4.78, 5) is 12.1. The van der Waals surface area contributed by atoms with Crippen LogP contribution in [0, 0.1) is 13.8 Å². The summed E-state index contributed by atoms with van der Waals surface area (Å²) in [6.45, 7) is 4.86. The van der Waals surface area contributed by atoms with Gasteiger partial charge in [0.05, 0.1) is 24.3 Å². The van der Waals surface area contributed by atoms with Gasteiger partial charge in [-0.1, -0.05) is 17.7 Å². The molecule has 0 fully saturated rings. The molecule has 0 aliphatic heterocycles. The van der Waals surface area contributed by atoms with Gasteiger partial charge in [-0.3, -0.25) is 9.10 Å². The Labute approximate surface area is 164 Å². The van der Waals surface area contributed by atoms with Crippen molar-refractivity contribution in [1.82, 2.24) is 0 Å². The van der Waals surface area contributed by atoms with Crippen molar-refractivity contribution in [3.8, 4) is 5.75 Å². The van der Waals surface area contributed by atoms with E-state index in [9.17, 15) is 13.2 Å². The Kier molecular flexibility index (Phi) is 6.73. The van der Waals surface area contributed by atoms with Crippen molar-refractivity contribution in [2.24, 2.45) is 0 Å². The molecule has 0 saturated carbocycles. The van der Waals surface area contributed by atoms with Crippen molar-refractivity contribution < 1.29 is 22.7 Å². The van der Waals surface area contributed by atoms with Crippen LogP contribution in [-0.2, 0) is 19.6 Å². The molecule has 0 bridgehead atoms. The highest BCUT2D eigenvalue weighted by molar-refractivity contribution is 7.92. The third kappa shape index (κ3) is 4.73. The minimum atomic E-state index is -4.04. The van der Waals surface area contributed by atoms with Crippen LogP contribution in [0.4, 0.5) is 5.69 Å². The van der Waals surface area contributed by atoms with E-state index in [0.29, 0.717) is 27.6 Å². The van der Waals surface area contributed by atoms with Gasteiger partial charge in [-0.15, -0.1) is 0 Å². The molecule has 2 aromatic rings. The first-order chi connectivity index (χ1) is 12.7. The smallest absolute Gasteiger partial charge is 0.326 e. The molecule has 0 atom stereocenters. The van der Waals surface area contributed by atoms with Gasteiger partial charge in [0.25, 0.3) is 10.0 Å². The molecule has 0 aromatic heterocycles. The molecule has 0 amide bonds. The topological polar surface area (TPSA) is 72.9 Å². The average Bonchev–Trinajstić information content (AvgIpc) is 2.62. The minimum absolute atomic E-state index is 0.0458. The number of rotatable bonds is 7. The standard InChI is InChI=1S/C19H22ClNO5S/c1-5-26-19(22)12-21(17-11-15(20)7-6-13(17)2)27(23,24)16-8-9-18(25-4)14(3)10-16/h6-11H,5,12H2,1-4H3. The number of benzene rings is 2. The Hall–Kier alpha value is -2.25. The average molecular weight is 412 g/mol. The van der Waals surface area contributed by atoms with Gasteiger partial charge in [0.15, 0.2) is 0 Å². The molecule has 6 nitrogen and oxygen atoms in total. The van der Waals surface area contributed by atoms with Gasteiger partial charge >= 0.3 is 5.97 Å². The number of anilines is 1. The summed E-state index contributed by atoms with van der Waals surface area (Å²) in [5.41, 5.74) is 1.65. The van der Waals surface area contributed by atoms with Crippen LogP contribution >= 0.6 is 11.6 Å². The largest absolute Gasteiger partial charge is 0.496 e. The Morgan fingerprint density at radius 1 is 1.11 bits per heavy atom.